The Bertz CT molecular complexity index is 414. The topological polar surface area (TPSA) is 48.1 Å². The van der Waals surface area contributed by atoms with Gasteiger partial charge >= 0.3 is 0 Å². The predicted octanol–water partition coefficient (Wildman–Crippen LogP) is 2.35. The quantitative estimate of drug-likeness (QED) is 0.860. The molecule has 2 heterocycles. The molecule has 78 valence electrons. The summed E-state index contributed by atoms with van der Waals surface area (Å²) in [6.45, 7) is 0.648. The smallest absolute Gasteiger partial charge is 0.145 e. The number of rotatable bonds is 4. The summed E-state index contributed by atoms with van der Waals surface area (Å²) < 4.78 is 5.55. The van der Waals surface area contributed by atoms with Crippen LogP contribution in [-0.4, -0.2) is 11.6 Å². The molecule has 2 rings (SSSR count). The van der Waals surface area contributed by atoms with Crippen LogP contribution in [0, 0.1) is 0 Å². The summed E-state index contributed by atoms with van der Waals surface area (Å²) in [4.78, 5) is 5.22. The van der Waals surface area contributed by atoms with Crippen LogP contribution in [0.25, 0.3) is 0 Å². The molecule has 0 radical (unpaired) electrons. The molecule has 0 saturated heterocycles. The third kappa shape index (κ3) is 2.70. The number of nitrogens with zero attached hydrogens (tertiary/aromatic N) is 1. The molecule has 0 bridgehead atoms. The predicted molar refractivity (Wildman–Crippen MR) is 62.2 cm³/mol. The fourth-order valence-electron chi connectivity index (χ4n) is 1.24. The minimum Gasteiger partial charge on any atom is -0.491 e. The van der Waals surface area contributed by atoms with Gasteiger partial charge in [0.15, 0.2) is 0 Å². The average molecular weight is 220 g/mol. The molecular formula is C11H12N2OS. The van der Waals surface area contributed by atoms with Gasteiger partial charge in [0, 0.05) is 23.6 Å². The molecule has 0 aliphatic heterocycles. The van der Waals surface area contributed by atoms with E-state index in [1.54, 1.807) is 29.8 Å². The molecular weight excluding hydrogens is 208 g/mol. The van der Waals surface area contributed by atoms with Crippen LogP contribution < -0.4 is 10.5 Å². The number of nitrogens with two attached hydrogens (primary N) is 1. The minimum absolute atomic E-state index is 0.587. The summed E-state index contributed by atoms with van der Waals surface area (Å²) >= 11 is 1.74. The summed E-state index contributed by atoms with van der Waals surface area (Å²) in [7, 11) is 0. The Morgan fingerprint density at radius 3 is 3.07 bits per heavy atom. The van der Waals surface area contributed by atoms with Gasteiger partial charge in [-0.05, 0) is 11.4 Å². The fourth-order valence-corrected chi connectivity index (χ4v) is 1.93. The zero-order valence-electron chi connectivity index (χ0n) is 8.22. The number of anilines is 1. The van der Waals surface area contributed by atoms with E-state index in [0.717, 1.165) is 6.42 Å². The van der Waals surface area contributed by atoms with E-state index in [-0.39, 0.29) is 0 Å². The number of nitrogen functional groups attached to an aromatic ring is 1. The molecule has 0 aliphatic carbocycles. The third-order valence-electron chi connectivity index (χ3n) is 2.00. The zero-order chi connectivity index (χ0) is 10.5. The number of hydrogen-bond donors (Lipinski definition) is 1. The number of pyridine rings is 1. The van der Waals surface area contributed by atoms with Gasteiger partial charge in [0.2, 0.25) is 0 Å². The number of ether oxygens (including phenoxy) is 1. The van der Waals surface area contributed by atoms with Crippen molar-refractivity contribution in [3.05, 3.63) is 40.8 Å². The summed E-state index contributed by atoms with van der Waals surface area (Å²) in [5.41, 5.74) is 6.28. The summed E-state index contributed by atoms with van der Waals surface area (Å²) in [6, 6.07) is 5.93. The molecule has 15 heavy (non-hydrogen) atoms. The van der Waals surface area contributed by atoms with Gasteiger partial charge in [0.1, 0.15) is 5.75 Å². The summed E-state index contributed by atoms with van der Waals surface area (Å²) in [6.07, 6.45) is 4.19. The van der Waals surface area contributed by atoms with Gasteiger partial charge in [-0.1, -0.05) is 6.07 Å². The van der Waals surface area contributed by atoms with Crippen LogP contribution in [0.4, 0.5) is 5.69 Å². The van der Waals surface area contributed by atoms with Crippen LogP contribution in [0.15, 0.2) is 36.0 Å². The Kier molecular flexibility index (Phi) is 3.19. The van der Waals surface area contributed by atoms with E-state index >= 15 is 0 Å². The first-order valence-electron chi connectivity index (χ1n) is 4.71. The molecule has 3 nitrogen and oxygen atoms in total. The average Bonchev–Trinajstić information content (AvgIpc) is 2.74. The molecule has 4 heteroatoms. The summed E-state index contributed by atoms with van der Waals surface area (Å²) in [5, 5.41) is 2.07. The molecule has 2 N–H and O–H groups in total. The first-order chi connectivity index (χ1) is 7.36. The Balaban J connectivity index is 1.86. The van der Waals surface area contributed by atoms with Gasteiger partial charge in [-0.25, -0.2) is 0 Å². The minimum atomic E-state index is 0.587. The normalized spacial score (nSPS) is 10.1. The second kappa shape index (κ2) is 4.79. The van der Waals surface area contributed by atoms with Gasteiger partial charge in [0.25, 0.3) is 0 Å². The highest BCUT2D eigenvalue weighted by molar-refractivity contribution is 7.09. The van der Waals surface area contributed by atoms with E-state index in [2.05, 4.69) is 16.4 Å². The first kappa shape index (κ1) is 9.98. The van der Waals surface area contributed by atoms with E-state index in [4.69, 9.17) is 10.5 Å². The van der Waals surface area contributed by atoms with E-state index < -0.39 is 0 Å². The van der Waals surface area contributed by atoms with Crippen LogP contribution in [0.5, 0.6) is 5.75 Å². The number of thiophene rings is 1. The highest BCUT2D eigenvalue weighted by atomic mass is 32.1. The molecule has 0 aromatic carbocycles. The first-order valence-corrected chi connectivity index (χ1v) is 5.59. The lowest BCUT2D eigenvalue weighted by Gasteiger charge is -2.06. The van der Waals surface area contributed by atoms with Crippen LogP contribution >= 0.6 is 11.3 Å². The SMILES string of the molecule is Nc1cnccc1OCCc1cccs1. The van der Waals surface area contributed by atoms with Crippen molar-refractivity contribution in [3.8, 4) is 5.75 Å². The van der Waals surface area contributed by atoms with Crippen molar-refractivity contribution in [3.63, 3.8) is 0 Å². The van der Waals surface area contributed by atoms with Gasteiger partial charge in [0.05, 0.1) is 18.5 Å². The molecule has 0 saturated carbocycles. The maximum Gasteiger partial charge on any atom is 0.145 e. The molecule has 2 aromatic heterocycles. The van der Waals surface area contributed by atoms with E-state index in [0.29, 0.717) is 18.0 Å². The number of hydrogen-bond acceptors (Lipinski definition) is 4. The maximum atomic E-state index is 5.70. The monoisotopic (exact) mass is 220 g/mol. The van der Waals surface area contributed by atoms with Crippen LogP contribution in [0.3, 0.4) is 0 Å². The van der Waals surface area contributed by atoms with Crippen molar-refractivity contribution in [1.29, 1.82) is 0 Å². The molecule has 0 amide bonds. The van der Waals surface area contributed by atoms with Crippen molar-refractivity contribution < 1.29 is 4.74 Å². The Hall–Kier alpha value is -1.55. The fraction of sp³-hybridized carbons (Fsp3) is 0.182. The molecule has 0 atom stereocenters. The van der Waals surface area contributed by atoms with E-state index in [1.165, 1.54) is 4.88 Å². The Morgan fingerprint density at radius 1 is 1.40 bits per heavy atom. The molecule has 2 aromatic rings. The van der Waals surface area contributed by atoms with Crippen LogP contribution in [-0.2, 0) is 6.42 Å². The standard InChI is InChI=1S/C11H12N2OS/c12-10-8-13-5-3-11(10)14-6-4-9-2-1-7-15-9/h1-3,5,7-8H,4,6,12H2. The van der Waals surface area contributed by atoms with Crippen LogP contribution in [0.2, 0.25) is 0 Å². The molecule has 0 fully saturated rings. The lowest BCUT2D eigenvalue weighted by Crippen LogP contribution is -2.02. The van der Waals surface area contributed by atoms with Gasteiger partial charge in [-0.15, -0.1) is 11.3 Å². The highest BCUT2D eigenvalue weighted by Gasteiger charge is 1.99. The summed E-state index contributed by atoms with van der Waals surface area (Å²) in [5.74, 6) is 0.710. The van der Waals surface area contributed by atoms with Crippen molar-refractivity contribution in [2.45, 2.75) is 6.42 Å². The maximum absolute atomic E-state index is 5.70. The van der Waals surface area contributed by atoms with Crippen LogP contribution in [0.1, 0.15) is 4.88 Å². The lowest BCUT2D eigenvalue weighted by molar-refractivity contribution is 0.324. The van der Waals surface area contributed by atoms with Crippen molar-refractivity contribution >= 4 is 17.0 Å². The third-order valence-corrected chi connectivity index (χ3v) is 2.93. The van der Waals surface area contributed by atoms with Gasteiger partial charge in [-0.2, -0.15) is 0 Å². The van der Waals surface area contributed by atoms with Gasteiger partial charge < -0.3 is 10.5 Å². The Labute approximate surface area is 92.5 Å². The molecule has 0 spiro atoms. The lowest BCUT2D eigenvalue weighted by atomic mass is 10.3. The van der Waals surface area contributed by atoms with E-state index in [9.17, 15) is 0 Å². The second-order valence-corrected chi connectivity index (χ2v) is 4.12. The van der Waals surface area contributed by atoms with Gasteiger partial charge in [-0.3, -0.25) is 4.98 Å². The zero-order valence-corrected chi connectivity index (χ0v) is 9.04. The van der Waals surface area contributed by atoms with Crippen molar-refractivity contribution in [2.75, 3.05) is 12.3 Å². The van der Waals surface area contributed by atoms with Crippen molar-refractivity contribution in [1.82, 2.24) is 4.98 Å². The molecule has 0 unspecified atom stereocenters. The Morgan fingerprint density at radius 2 is 2.33 bits per heavy atom. The van der Waals surface area contributed by atoms with Crippen molar-refractivity contribution in [2.24, 2.45) is 0 Å². The largest absolute Gasteiger partial charge is 0.491 e. The molecule has 0 aliphatic rings. The van der Waals surface area contributed by atoms with E-state index in [1.807, 2.05) is 6.07 Å². The number of aromatic nitrogens is 1. The highest BCUT2D eigenvalue weighted by Crippen LogP contribution is 2.19. The second-order valence-electron chi connectivity index (χ2n) is 3.09.